The molecule has 0 saturated heterocycles. The summed E-state index contributed by atoms with van der Waals surface area (Å²) in [6.45, 7) is 2.62. The molecule has 0 aliphatic carbocycles. The van der Waals surface area contributed by atoms with Crippen LogP contribution in [0.25, 0.3) is 10.9 Å². The van der Waals surface area contributed by atoms with E-state index in [4.69, 9.17) is 21.1 Å². The van der Waals surface area contributed by atoms with Gasteiger partial charge in [0.15, 0.2) is 5.16 Å². The predicted molar refractivity (Wildman–Crippen MR) is 125 cm³/mol. The Labute approximate surface area is 189 Å². The van der Waals surface area contributed by atoms with Crippen molar-refractivity contribution in [3.63, 3.8) is 0 Å². The molecule has 1 N–H and O–H groups in total. The fourth-order valence-electron chi connectivity index (χ4n) is 3.05. The van der Waals surface area contributed by atoms with Crippen molar-refractivity contribution >= 4 is 45.9 Å². The van der Waals surface area contributed by atoms with Crippen LogP contribution in [0, 0.1) is 0 Å². The van der Waals surface area contributed by atoms with E-state index in [-0.39, 0.29) is 17.2 Å². The molecule has 1 amide bonds. The maximum atomic E-state index is 12.9. The molecule has 2 aromatic carbocycles. The van der Waals surface area contributed by atoms with E-state index in [0.29, 0.717) is 44.8 Å². The molecule has 0 bridgehead atoms. The smallest absolute Gasteiger partial charge is 0.262 e. The SMILES string of the molecule is CCCCn1c(SCC(=O)Nc2cc(OC)c(Cl)cc2OC)nc2ccccc2c1=O. The van der Waals surface area contributed by atoms with Crippen LogP contribution in [-0.4, -0.2) is 35.4 Å². The molecule has 0 aliphatic rings. The number of carbonyl (C=O) groups excluding carboxylic acids is 1. The lowest BCUT2D eigenvalue weighted by Crippen LogP contribution is -2.24. The van der Waals surface area contributed by atoms with Crippen LogP contribution in [0.3, 0.4) is 0 Å². The van der Waals surface area contributed by atoms with Crippen LogP contribution in [0.5, 0.6) is 11.5 Å². The number of aromatic nitrogens is 2. The maximum Gasteiger partial charge on any atom is 0.262 e. The van der Waals surface area contributed by atoms with Crippen LogP contribution in [-0.2, 0) is 11.3 Å². The van der Waals surface area contributed by atoms with Gasteiger partial charge in [-0.05, 0) is 18.6 Å². The van der Waals surface area contributed by atoms with E-state index in [9.17, 15) is 9.59 Å². The lowest BCUT2D eigenvalue weighted by Gasteiger charge is -2.14. The fraction of sp³-hybridized carbons (Fsp3) is 0.318. The van der Waals surface area contributed by atoms with Gasteiger partial charge in [0.25, 0.3) is 5.56 Å². The Morgan fingerprint density at radius 2 is 1.94 bits per heavy atom. The Bertz CT molecular complexity index is 1150. The summed E-state index contributed by atoms with van der Waals surface area (Å²) in [7, 11) is 2.99. The van der Waals surface area contributed by atoms with Crippen molar-refractivity contribution in [1.82, 2.24) is 9.55 Å². The van der Waals surface area contributed by atoms with E-state index in [0.717, 1.165) is 12.8 Å². The normalized spacial score (nSPS) is 10.8. The summed E-state index contributed by atoms with van der Waals surface area (Å²) >= 11 is 7.34. The third-order valence-corrected chi connectivity index (χ3v) is 5.91. The molecule has 9 heteroatoms. The van der Waals surface area contributed by atoms with Crippen LogP contribution in [0.1, 0.15) is 19.8 Å². The minimum absolute atomic E-state index is 0.0744. The summed E-state index contributed by atoms with van der Waals surface area (Å²) in [6.07, 6.45) is 1.80. The van der Waals surface area contributed by atoms with Gasteiger partial charge in [-0.3, -0.25) is 14.2 Å². The summed E-state index contributed by atoms with van der Waals surface area (Å²) in [5.74, 6) is 0.658. The summed E-state index contributed by atoms with van der Waals surface area (Å²) in [5, 5.41) is 4.29. The largest absolute Gasteiger partial charge is 0.495 e. The van der Waals surface area contributed by atoms with Gasteiger partial charge in [-0.2, -0.15) is 0 Å². The number of unbranched alkanes of at least 4 members (excludes halogenated alkanes) is 1. The van der Waals surface area contributed by atoms with Crippen molar-refractivity contribution in [2.24, 2.45) is 0 Å². The van der Waals surface area contributed by atoms with Gasteiger partial charge in [0.05, 0.1) is 41.6 Å². The molecule has 31 heavy (non-hydrogen) atoms. The quantitative estimate of drug-likeness (QED) is 0.370. The third kappa shape index (κ3) is 5.32. The number of para-hydroxylation sites is 1. The second-order valence-corrected chi connectivity index (χ2v) is 8.10. The minimum Gasteiger partial charge on any atom is -0.495 e. The number of rotatable bonds is 9. The predicted octanol–water partition coefficient (Wildman–Crippen LogP) is 4.60. The number of hydrogen-bond donors (Lipinski definition) is 1. The third-order valence-electron chi connectivity index (χ3n) is 4.64. The Morgan fingerprint density at radius 1 is 1.19 bits per heavy atom. The number of halogens is 1. The van der Waals surface area contributed by atoms with Crippen LogP contribution in [0.4, 0.5) is 5.69 Å². The van der Waals surface area contributed by atoms with Crippen LogP contribution >= 0.6 is 23.4 Å². The number of thioether (sulfide) groups is 1. The number of amides is 1. The van der Waals surface area contributed by atoms with Crippen molar-refractivity contribution in [3.8, 4) is 11.5 Å². The highest BCUT2D eigenvalue weighted by Gasteiger charge is 2.16. The maximum absolute atomic E-state index is 12.9. The molecule has 164 valence electrons. The molecular weight excluding hydrogens is 438 g/mol. The second kappa shape index (κ2) is 10.5. The van der Waals surface area contributed by atoms with Gasteiger partial charge in [0, 0.05) is 18.7 Å². The Hall–Kier alpha value is -2.71. The highest BCUT2D eigenvalue weighted by Crippen LogP contribution is 2.36. The van der Waals surface area contributed by atoms with E-state index >= 15 is 0 Å². The number of methoxy groups -OCH3 is 2. The topological polar surface area (TPSA) is 82.5 Å². The molecule has 0 spiro atoms. The van der Waals surface area contributed by atoms with Gasteiger partial charge in [-0.25, -0.2) is 4.98 Å². The van der Waals surface area contributed by atoms with Gasteiger partial charge in [-0.1, -0.05) is 48.8 Å². The fourth-order valence-corrected chi connectivity index (χ4v) is 4.10. The number of benzene rings is 2. The number of anilines is 1. The number of nitrogens with zero attached hydrogens (tertiary/aromatic N) is 2. The molecular formula is C22H24ClN3O4S. The van der Waals surface area contributed by atoms with Crippen LogP contribution in [0.2, 0.25) is 5.02 Å². The van der Waals surface area contributed by atoms with Gasteiger partial charge in [0.2, 0.25) is 5.91 Å². The average Bonchev–Trinajstić information content (AvgIpc) is 2.78. The first-order valence-electron chi connectivity index (χ1n) is 9.82. The summed E-state index contributed by atoms with van der Waals surface area (Å²) in [5.41, 5.74) is 0.975. The Balaban J connectivity index is 1.82. The Kier molecular flexibility index (Phi) is 7.81. The van der Waals surface area contributed by atoms with Crippen molar-refractivity contribution in [2.45, 2.75) is 31.5 Å². The number of carbonyl (C=O) groups is 1. The lowest BCUT2D eigenvalue weighted by molar-refractivity contribution is -0.113. The summed E-state index contributed by atoms with van der Waals surface area (Å²) in [4.78, 5) is 30.2. The van der Waals surface area contributed by atoms with Gasteiger partial charge >= 0.3 is 0 Å². The van der Waals surface area contributed by atoms with Crippen LogP contribution < -0.4 is 20.3 Å². The van der Waals surface area contributed by atoms with E-state index < -0.39 is 0 Å². The number of nitrogens with one attached hydrogen (secondary N) is 1. The zero-order valence-corrected chi connectivity index (χ0v) is 19.2. The molecule has 0 unspecified atom stereocenters. The molecule has 0 radical (unpaired) electrons. The van der Waals surface area contributed by atoms with Crippen LogP contribution in [0.15, 0.2) is 46.3 Å². The second-order valence-electron chi connectivity index (χ2n) is 6.75. The molecule has 0 fully saturated rings. The van der Waals surface area contributed by atoms with E-state index in [1.807, 2.05) is 12.1 Å². The zero-order chi connectivity index (χ0) is 22.4. The van der Waals surface area contributed by atoms with Crippen molar-refractivity contribution < 1.29 is 14.3 Å². The number of fused-ring (bicyclic) bond motifs is 1. The number of hydrogen-bond acceptors (Lipinski definition) is 6. The first-order chi connectivity index (χ1) is 15.0. The first-order valence-corrected chi connectivity index (χ1v) is 11.2. The minimum atomic E-state index is -0.267. The molecule has 1 aromatic heterocycles. The molecule has 3 rings (SSSR count). The molecule has 1 heterocycles. The average molecular weight is 462 g/mol. The molecule has 7 nitrogen and oxygen atoms in total. The molecule has 3 aromatic rings. The van der Waals surface area contributed by atoms with Crippen molar-refractivity contribution in [2.75, 3.05) is 25.3 Å². The van der Waals surface area contributed by atoms with Crippen molar-refractivity contribution in [1.29, 1.82) is 0 Å². The first kappa shape index (κ1) is 23.0. The van der Waals surface area contributed by atoms with E-state index in [1.54, 1.807) is 28.8 Å². The molecule has 0 aliphatic heterocycles. The van der Waals surface area contributed by atoms with E-state index in [1.165, 1.54) is 26.0 Å². The van der Waals surface area contributed by atoms with E-state index in [2.05, 4.69) is 17.2 Å². The van der Waals surface area contributed by atoms with Gasteiger partial charge < -0.3 is 14.8 Å². The van der Waals surface area contributed by atoms with Crippen molar-refractivity contribution in [3.05, 3.63) is 51.8 Å². The monoisotopic (exact) mass is 461 g/mol. The highest BCUT2D eigenvalue weighted by molar-refractivity contribution is 7.99. The summed E-state index contributed by atoms with van der Waals surface area (Å²) in [6, 6.07) is 10.4. The molecule has 0 saturated carbocycles. The van der Waals surface area contributed by atoms with Gasteiger partial charge in [-0.15, -0.1) is 0 Å². The lowest BCUT2D eigenvalue weighted by atomic mass is 10.2. The summed E-state index contributed by atoms with van der Waals surface area (Å²) < 4.78 is 12.2. The standard InChI is InChI=1S/C22H24ClN3O4S/c1-4-5-10-26-21(28)14-8-6-7-9-16(14)25-22(26)31-13-20(27)24-17-12-18(29-2)15(23)11-19(17)30-3/h6-9,11-12H,4-5,10,13H2,1-3H3,(H,24,27). The highest BCUT2D eigenvalue weighted by atomic mass is 35.5. The molecule has 0 atom stereocenters. The zero-order valence-electron chi connectivity index (χ0n) is 17.6. The Morgan fingerprint density at radius 3 is 2.65 bits per heavy atom. The van der Waals surface area contributed by atoms with Gasteiger partial charge in [0.1, 0.15) is 11.5 Å². The number of ether oxygens (including phenoxy) is 2.